The first kappa shape index (κ1) is 12.1. The van der Waals surface area contributed by atoms with Crippen LogP contribution in [0.15, 0.2) is 30.5 Å². The van der Waals surface area contributed by atoms with E-state index >= 15 is 0 Å². The fraction of sp³-hybridized carbons (Fsp3) is 0.167. The lowest BCUT2D eigenvalue weighted by Crippen LogP contribution is -2.11. The summed E-state index contributed by atoms with van der Waals surface area (Å²) >= 11 is 12.0. The summed E-state index contributed by atoms with van der Waals surface area (Å²) in [5.74, 6) is -0.208. The number of ketones is 1. The lowest BCUT2D eigenvalue weighted by molar-refractivity contribution is 0.102. The molecule has 17 heavy (non-hydrogen) atoms. The van der Waals surface area contributed by atoms with Gasteiger partial charge in [0.2, 0.25) is 5.78 Å². The maximum absolute atomic E-state index is 12.3. The summed E-state index contributed by atoms with van der Waals surface area (Å²) in [7, 11) is 0. The molecule has 1 aromatic heterocycles. The van der Waals surface area contributed by atoms with Crippen molar-refractivity contribution in [2.24, 2.45) is 0 Å². The van der Waals surface area contributed by atoms with Crippen molar-refractivity contribution in [1.82, 2.24) is 9.78 Å². The Morgan fingerprint density at radius 3 is 2.65 bits per heavy atom. The van der Waals surface area contributed by atoms with E-state index in [2.05, 4.69) is 5.10 Å². The Kier molecular flexibility index (Phi) is 3.50. The third-order valence-corrected chi connectivity index (χ3v) is 3.03. The molecular weight excluding hydrogens is 259 g/mol. The standard InChI is InChI=1S/C12H10Cl2N2O/c1-2-16-11(10(14)7-15-16)12(17)8-5-3-4-6-9(8)13/h3-7H,2H2,1H3. The van der Waals surface area contributed by atoms with Crippen LogP contribution in [-0.2, 0) is 6.54 Å². The Bertz CT molecular complexity index is 563. The van der Waals surface area contributed by atoms with Crippen LogP contribution in [-0.4, -0.2) is 15.6 Å². The zero-order chi connectivity index (χ0) is 12.4. The molecule has 0 saturated heterocycles. The van der Waals surface area contributed by atoms with Crippen molar-refractivity contribution >= 4 is 29.0 Å². The van der Waals surface area contributed by atoms with Crippen LogP contribution in [0.1, 0.15) is 23.0 Å². The number of carbonyl (C=O) groups excluding carboxylic acids is 1. The molecule has 1 heterocycles. The molecule has 0 atom stereocenters. The van der Waals surface area contributed by atoms with Gasteiger partial charge in [-0.3, -0.25) is 9.48 Å². The molecule has 0 N–H and O–H groups in total. The highest BCUT2D eigenvalue weighted by Gasteiger charge is 2.20. The van der Waals surface area contributed by atoms with Crippen molar-refractivity contribution in [2.45, 2.75) is 13.5 Å². The average Bonchev–Trinajstić information content (AvgIpc) is 2.70. The van der Waals surface area contributed by atoms with E-state index in [1.165, 1.54) is 6.20 Å². The Hall–Kier alpha value is -1.32. The first-order valence-corrected chi connectivity index (χ1v) is 5.91. The summed E-state index contributed by atoms with van der Waals surface area (Å²) in [5, 5.41) is 4.79. The van der Waals surface area contributed by atoms with Gasteiger partial charge in [0, 0.05) is 12.1 Å². The molecule has 0 saturated carbocycles. The molecule has 2 aromatic rings. The number of aromatic nitrogens is 2. The van der Waals surface area contributed by atoms with Gasteiger partial charge in [-0.05, 0) is 19.1 Å². The van der Waals surface area contributed by atoms with Gasteiger partial charge in [-0.25, -0.2) is 0 Å². The van der Waals surface area contributed by atoms with Crippen molar-refractivity contribution in [2.75, 3.05) is 0 Å². The van der Waals surface area contributed by atoms with E-state index < -0.39 is 0 Å². The lowest BCUT2D eigenvalue weighted by atomic mass is 10.1. The van der Waals surface area contributed by atoms with Gasteiger partial charge in [-0.15, -0.1) is 0 Å². The number of hydrogen-bond acceptors (Lipinski definition) is 2. The average molecular weight is 269 g/mol. The molecule has 0 bridgehead atoms. The Morgan fingerprint density at radius 1 is 1.29 bits per heavy atom. The van der Waals surface area contributed by atoms with Crippen LogP contribution < -0.4 is 0 Å². The highest BCUT2D eigenvalue weighted by molar-refractivity contribution is 6.37. The van der Waals surface area contributed by atoms with Gasteiger partial charge in [-0.1, -0.05) is 35.3 Å². The highest BCUT2D eigenvalue weighted by Crippen LogP contribution is 2.23. The van der Waals surface area contributed by atoms with Crippen molar-refractivity contribution in [3.63, 3.8) is 0 Å². The zero-order valence-corrected chi connectivity index (χ0v) is 10.7. The largest absolute Gasteiger partial charge is 0.287 e. The molecule has 0 aliphatic rings. The third-order valence-electron chi connectivity index (χ3n) is 2.43. The van der Waals surface area contributed by atoms with Gasteiger partial charge in [-0.2, -0.15) is 5.10 Å². The molecule has 2 rings (SSSR count). The Labute approximate surface area is 109 Å². The summed E-state index contributed by atoms with van der Waals surface area (Å²) in [6.07, 6.45) is 1.47. The van der Waals surface area contributed by atoms with E-state index in [1.807, 2.05) is 6.92 Å². The fourth-order valence-electron chi connectivity index (χ4n) is 1.60. The van der Waals surface area contributed by atoms with Crippen LogP contribution in [0.25, 0.3) is 0 Å². The smallest absolute Gasteiger partial charge is 0.214 e. The van der Waals surface area contributed by atoms with Crippen molar-refractivity contribution in [1.29, 1.82) is 0 Å². The predicted molar refractivity (Wildman–Crippen MR) is 67.8 cm³/mol. The summed E-state index contributed by atoms with van der Waals surface area (Å²) in [6, 6.07) is 6.89. The number of rotatable bonds is 3. The van der Waals surface area contributed by atoms with Crippen LogP contribution in [0.5, 0.6) is 0 Å². The monoisotopic (exact) mass is 268 g/mol. The van der Waals surface area contributed by atoms with E-state index in [0.717, 1.165) is 0 Å². The molecule has 0 radical (unpaired) electrons. The molecule has 0 fully saturated rings. The van der Waals surface area contributed by atoms with Gasteiger partial charge in [0.1, 0.15) is 5.69 Å². The molecule has 0 aliphatic carbocycles. The lowest BCUT2D eigenvalue weighted by Gasteiger charge is -2.06. The molecular formula is C12H10Cl2N2O. The maximum atomic E-state index is 12.3. The zero-order valence-electron chi connectivity index (χ0n) is 9.15. The van der Waals surface area contributed by atoms with Crippen LogP contribution in [0.4, 0.5) is 0 Å². The predicted octanol–water partition coefficient (Wildman–Crippen LogP) is 3.44. The number of aryl methyl sites for hydroxylation is 1. The van der Waals surface area contributed by atoms with Crippen molar-refractivity contribution in [3.8, 4) is 0 Å². The SMILES string of the molecule is CCn1ncc(Cl)c1C(=O)c1ccccc1Cl. The summed E-state index contributed by atoms with van der Waals surface area (Å²) in [6.45, 7) is 2.48. The highest BCUT2D eigenvalue weighted by atomic mass is 35.5. The van der Waals surface area contributed by atoms with Crippen LogP contribution in [0, 0.1) is 0 Å². The van der Waals surface area contributed by atoms with Gasteiger partial charge in [0.15, 0.2) is 0 Å². The molecule has 3 nitrogen and oxygen atoms in total. The molecule has 0 amide bonds. The quantitative estimate of drug-likeness (QED) is 0.800. The second kappa shape index (κ2) is 4.90. The van der Waals surface area contributed by atoms with E-state index in [4.69, 9.17) is 23.2 Å². The van der Waals surface area contributed by atoms with Gasteiger partial charge in [0.25, 0.3) is 0 Å². The van der Waals surface area contributed by atoms with Crippen LogP contribution >= 0.6 is 23.2 Å². The minimum Gasteiger partial charge on any atom is -0.287 e. The topological polar surface area (TPSA) is 34.9 Å². The number of benzene rings is 1. The molecule has 0 aliphatic heterocycles. The van der Waals surface area contributed by atoms with Crippen molar-refractivity contribution < 1.29 is 4.79 Å². The third kappa shape index (κ3) is 2.21. The maximum Gasteiger partial charge on any atom is 0.214 e. The second-order valence-corrected chi connectivity index (χ2v) is 4.28. The van der Waals surface area contributed by atoms with E-state index in [0.29, 0.717) is 27.8 Å². The summed E-state index contributed by atoms with van der Waals surface area (Å²) in [5.41, 5.74) is 0.813. The number of halogens is 2. The summed E-state index contributed by atoms with van der Waals surface area (Å²) < 4.78 is 1.56. The van der Waals surface area contributed by atoms with E-state index in [9.17, 15) is 4.79 Å². The van der Waals surface area contributed by atoms with E-state index in [-0.39, 0.29) is 5.78 Å². The molecule has 0 spiro atoms. The van der Waals surface area contributed by atoms with Crippen molar-refractivity contribution in [3.05, 3.63) is 51.8 Å². The second-order valence-electron chi connectivity index (χ2n) is 3.47. The number of carbonyl (C=O) groups is 1. The summed E-state index contributed by atoms with van der Waals surface area (Å²) in [4.78, 5) is 12.3. The Morgan fingerprint density at radius 2 is 2.00 bits per heavy atom. The van der Waals surface area contributed by atoms with Gasteiger partial charge >= 0.3 is 0 Å². The number of nitrogens with zero attached hydrogens (tertiary/aromatic N) is 2. The van der Waals surface area contributed by atoms with E-state index in [1.54, 1.807) is 28.9 Å². The molecule has 0 unspecified atom stereocenters. The molecule has 88 valence electrons. The minimum atomic E-state index is -0.208. The van der Waals surface area contributed by atoms with Crippen LogP contribution in [0.2, 0.25) is 10.0 Å². The van der Waals surface area contributed by atoms with Gasteiger partial charge in [0.05, 0.1) is 16.2 Å². The Balaban J connectivity index is 2.51. The van der Waals surface area contributed by atoms with Crippen LogP contribution in [0.3, 0.4) is 0 Å². The fourth-order valence-corrected chi connectivity index (χ4v) is 2.05. The normalized spacial score (nSPS) is 10.5. The first-order valence-electron chi connectivity index (χ1n) is 5.15. The molecule has 5 heteroatoms. The molecule has 1 aromatic carbocycles. The minimum absolute atomic E-state index is 0.208. The number of hydrogen-bond donors (Lipinski definition) is 0. The first-order chi connectivity index (χ1) is 8.15. The van der Waals surface area contributed by atoms with Gasteiger partial charge < -0.3 is 0 Å².